The van der Waals surface area contributed by atoms with Crippen molar-refractivity contribution >= 4 is 11.3 Å². The van der Waals surface area contributed by atoms with E-state index in [1.54, 1.807) is 17.6 Å². The summed E-state index contributed by atoms with van der Waals surface area (Å²) in [6.07, 6.45) is 2.76. The van der Waals surface area contributed by atoms with Gasteiger partial charge in [-0.05, 0) is 32.4 Å². The lowest BCUT2D eigenvalue weighted by molar-refractivity contribution is 0.113. The van der Waals surface area contributed by atoms with Crippen LogP contribution in [0.25, 0.3) is 0 Å². The Morgan fingerprint density at radius 1 is 1.20 bits per heavy atom. The summed E-state index contributed by atoms with van der Waals surface area (Å²) in [6, 6.07) is 6.06. The number of pyridine rings is 1. The molecule has 2 aliphatic rings. The Labute approximate surface area is 179 Å². The molecule has 0 spiro atoms. The minimum absolute atomic E-state index is 0.165. The highest BCUT2D eigenvalue weighted by Gasteiger charge is 2.35. The number of piperidine rings is 1. The Hall–Kier alpha value is -2.29. The van der Waals surface area contributed by atoms with Crippen molar-refractivity contribution in [3.8, 4) is 0 Å². The van der Waals surface area contributed by atoms with Gasteiger partial charge >= 0.3 is 0 Å². The molecule has 1 fully saturated rings. The highest BCUT2D eigenvalue weighted by Crippen LogP contribution is 2.35. The first-order chi connectivity index (χ1) is 14.5. The molecule has 7 nitrogen and oxygen atoms in total. The van der Waals surface area contributed by atoms with Gasteiger partial charge in [-0.2, -0.15) is 0 Å². The van der Waals surface area contributed by atoms with Gasteiger partial charge in [0.15, 0.2) is 0 Å². The van der Waals surface area contributed by atoms with E-state index >= 15 is 0 Å². The van der Waals surface area contributed by atoms with E-state index in [4.69, 9.17) is 4.52 Å². The van der Waals surface area contributed by atoms with E-state index in [1.165, 1.54) is 17.8 Å². The van der Waals surface area contributed by atoms with Gasteiger partial charge in [-0.25, -0.2) is 4.98 Å². The van der Waals surface area contributed by atoms with Crippen molar-refractivity contribution in [2.24, 2.45) is 5.92 Å². The van der Waals surface area contributed by atoms with Crippen molar-refractivity contribution in [3.05, 3.63) is 67.8 Å². The molecule has 30 heavy (non-hydrogen) atoms. The Morgan fingerprint density at radius 2 is 2.10 bits per heavy atom. The van der Waals surface area contributed by atoms with Gasteiger partial charge in [0.2, 0.25) is 0 Å². The molecule has 0 N–H and O–H groups in total. The Balaban J connectivity index is 1.31. The van der Waals surface area contributed by atoms with E-state index in [0.29, 0.717) is 24.9 Å². The molecule has 5 rings (SSSR count). The molecule has 3 aromatic heterocycles. The number of aryl methyl sites for hydroxylation is 1. The van der Waals surface area contributed by atoms with Crippen molar-refractivity contribution in [1.29, 1.82) is 0 Å². The van der Waals surface area contributed by atoms with Crippen LogP contribution in [0, 0.1) is 12.8 Å². The highest BCUT2D eigenvalue weighted by atomic mass is 32.1. The summed E-state index contributed by atoms with van der Waals surface area (Å²) in [5, 5.41) is 7.25. The maximum Gasteiger partial charge on any atom is 0.255 e. The zero-order valence-corrected chi connectivity index (χ0v) is 18.3. The van der Waals surface area contributed by atoms with Crippen LogP contribution >= 0.6 is 11.3 Å². The van der Waals surface area contributed by atoms with Gasteiger partial charge in [-0.1, -0.05) is 11.2 Å². The van der Waals surface area contributed by atoms with Crippen LogP contribution in [0.15, 0.2) is 39.2 Å². The molecule has 2 bridgehead atoms. The van der Waals surface area contributed by atoms with Gasteiger partial charge in [-0.15, -0.1) is 11.3 Å². The second kappa shape index (κ2) is 8.09. The zero-order chi connectivity index (χ0) is 20.7. The summed E-state index contributed by atoms with van der Waals surface area (Å²) in [6.45, 7) is 7.09. The third kappa shape index (κ3) is 3.99. The molecule has 2 aliphatic heterocycles. The standard InChI is InChI=1S/C22H27N5O2S/c1-15-23-20(14-30-15)13-26-8-16-7-18(11-26)21-4-3-17(22(28)27(21)9-16)10-25(2)12-19-5-6-29-24-19/h3-6,14,16,18H,7-13H2,1-2H3/t16-,18+/m0/s1. The normalized spacial score (nSPS) is 21.2. The third-order valence-electron chi connectivity index (χ3n) is 6.17. The number of fused-ring (bicyclic) bond motifs is 4. The van der Waals surface area contributed by atoms with E-state index < -0.39 is 0 Å². The van der Waals surface area contributed by atoms with E-state index in [1.807, 2.05) is 23.7 Å². The molecule has 0 amide bonds. The van der Waals surface area contributed by atoms with Crippen LogP contribution in [0.3, 0.4) is 0 Å². The molecule has 0 unspecified atom stereocenters. The van der Waals surface area contributed by atoms with Gasteiger partial charge in [-0.3, -0.25) is 14.6 Å². The summed E-state index contributed by atoms with van der Waals surface area (Å²) in [5.74, 6) is 0.948. The van der Waals surface area contributed by atoms with Gasteiger partial charge in [0, 0.05) is 67.9 Å². The second-order valence-electron chi connectivity index (χ2n) is 8.71. The summed E-state index contributed by atoms with van der Waals surface area (Å²) in [5.41, 5.74) is 4.25. The average molecular weight is 426 g/mol. The molecular formula is C22H27N5O2S. The summed E-state index contributed by atoms with van der Waals surface area (Å²) in [7, 11) is 2.00. The van der Waals surface area contributed by atoms with Crippen LogP contribution in [-0.2, 0) is 26.2 Å². The van der Waals surface area contributed by atoms with Gasteiger partial charge in [0.05, 0.1) is 16.4 Å². The average Bonchev–Trinajstić information content (AvgIpc) is 3.36. The maximum atomic E-state index is 13.2. The van der Waals surface area contributed by atoms with Crippen LogP contribution < -0.4 is 5.56 Å². The number of nitrogens with zero attached hydrogens (tertiary/aromatic N) is 5. The molecular weight excluding hydrogens is 398 g/mol. The number of thiazole rings is 1. The van der Waals surface area contributed by atoms with Crippen LogP contribution in [0.4, 0.5) is 0 Å². The van der Waals surface area contributed by atoms with Crippen LogP contribution in [0.1, 0.15) is 40.0 Å². The SMILES string of the molecule is Cc1nc(CN2C[C@@H]3C[C@H](C2)c2ccc(CN(C)Cc4ccon4)c(=O)n2C3)cs1. The van der Waals surface area contributed by atoms with E-state index in [0.717, 1.165) is 42.4 Å². The van der Waals surface area contributed by atoms with Crippen molar-refractivity contribution < 1.29 is 4.52 Å². The fraction of sp³-hybridized carbons (Fsp3) is 0.500. The lowest BCUT2D eigenvalue weighted by atomic mass is 9.83. The smallest absolute Gasteiger partial charge is 0.255 e. The monoisotopic (exact) mass is 425 g/mol. The van der Waals surface area contributed by atoms with E-state index in [2.05, 4.69) is 38.3 Å². The summed E-state index contributed by atoms with van der Waals surface area (Å²) < 4.78 is 6.95. The van der Waals surface area contributed by atoms with Crippen molar-refractivity contribution in [2.45, 2.75) is 45.4 Å². The molecule has 3 aromatic rings. The fourth-order valence-corrected chi connectivity index (χ4v) is 5.60. The van der Waals surface area contributed by atoms with Crippen molar-refractivity contribution in [1.82, 2.24) is 24.5 Å². The molecule has 158 valence electrons. The first-order valence-corrected chi connectivity index (χ1v) is 11.4. The molecule has 0 radical (unpaired) electrons. The minimum Gasteiger partial charge on any atom is -0.364 e. The fourth-order valence-electron chi connectivity index (χ4n) is 4.99. The minimum atomic E-state index is 0.165. The molecule has 0 aromatic carbocycles. The lowest BCUT2D eigenvalue weighted by Crippen LogP contribution is -2.47. The van der Waals surface area contributed by atoms with Gasteiger partial charge in [0.1, 0.15) is 6.26 Å². The van der Waals surface area contributed by atoms with Gasteiger partial charge in [0.25, 0.3) is 5.56 Å². The van der Waals surface area contributed by atoms with Crippen molar-refractivity contribution in [2.75, 3.05) is 20.1 Å². The second-order valence-corrected chi connectivity index (χ2v) is 9.78. The first kappa shape index (κ1) is 19.7. The Bertz CT molecular complexity index is 1070. The molecule has 1 saturated heterocycles. The Morgan fingerprint density at radius 3 is 2.87 bits per heavy atom. The van der Waals surface area contributed by atoms with Crippen LogP contribution in [0.2, 0.25) is 0 Å². The van der Waals surface area contributed by atoms with E-state index in [9.17, 15) is 4.79 Å². The zero-order valence-electron chi connectivity index (χ0n) is 17.5. The molecule has 8 heteroatoms. The number of aromatic nitrogens is 3. The maximum absolute atomic E-state index is 13.2. The Kier molecular flexibility index (Phi) is 5.30. The molecule has 5 heterocycles. The lowest BCUT2D eigenvalue weighted by Gasteiger charge is -2.42. The molecule has 0 aliphatic carbocycles. The number of hydrogen-bond acceptors (Lipinski definition) is 7. The number of hydrogen-bond donors (Lipinski definition) is 0. The number of likely N-dealkylation sites (tertiary alicyclic amines) is 1. The van der Waals surface area contributed by atoms with Crippen LogP contribution in [-0.4, -0.2) is 44.6 Å². The predicted molar refractivity (Wildman–Crippen MR) is 115 cm³/mol. The third-order valence-corrected chi connectivity index (χ3v) is 7.00. The quantitative estimate of drug-likeness (QED) is 0.605. The molecule has 0 saturated carbocycles. The first-order valence-electron chi connectivity index (χ1n) is 10.5. The number of rotatable bonds is 6. The summed E-state index contributed by atoms with van der Waals surface area (Å²) in [4.78, 5) is 22.5. The highest BCUT2D eigenvalue weighted by molar-refractivity contribution is 7.09. The van der Waals surface area contributed by atoms with E-state index in [-0.39, 0.29) is 5.56 Å². The van der Waals surface area contributed by atoms with Crippen molar-refractivity contribution in [3.63, 3.8) is 0 Å². The predicted octanol–water partition coefficient (Wildman–Crippen LogP) is 2.85. The largest absolute Gasteiger partial charge is 0.364 e. The summed E-state index contributed by atoms with van der Waals surface area (Å²) >= 11 is 1.72. The van der Waals surface area contributed by atoms with Gasteiger partial charge < -0.3 is 9.09 Å². The molecule has 2 atom stereocenters. The van der Waals surface area contributed by atoms with Crippen LogP contribution in [0.5, 0.6) is 0 Å². The topological polar surface area (TPSA) is 67.4 Å².